The van der Waals surface area contributed by atoms with Crippen molar-refractivity contribution >= 4 is 39.1 Å². The first-order chi connectivity index (χ1) is 9.65. The first-order valence-electron chi connectivity index (χ1n) is 6.44. The average Bonchev–Trinajstić information content (AvgIpc) is 2.43. The van der Waals surface area contributed by atoms with E-state index in [1.165, 1.54) is 5.56 Å². The zero-order chi connectivity index (χ0) is 14.4. The van der Waals surface area contributed by atoms with E-state index < -0.39 is 0 Å². The van der Waals surface area contributed by atoms with Gasteiger partial charge < -0.3 is 5.32 Å². The van der Waals surface area contributed by atoms with Crippen LogP contribution in [0.2, 0.25) is 5.02 Å². The quantitative estimate of drug-likeness (QED) is 0.800. The van der Waals surface area contributed by atoms with Crippen molar-refractivity contribution in [3.8, 4) is 0 Å². The normalized spacial score (nSPS) is 10.3. The van der Waals surface area contributed by atoms with Crippen LogP contribution in [0.15, 0.2) is 53.0 Å². The molecular formula is C16H15BrClNO. The highest BCUT2D eigenvalue weighted by molar-refractivity contribution is 9.10. The summed E-state index contributed by atoms with van der Waals surface area (Å²) in [5.74, 6) is 0.0175. The predicted octanol–water partition coefficient (Wildman–Crippen LogP) is 5.06. The molecule has 0 heterocycles. The maximum Gasteiger partial charge on any atom is 0.224 e. The summed E-state index contributed by atoms with van der Waals surface area (Å²) in [6.45, 7) is 0. The van der Waals surface area contributed by atoms with Gasteiger partial charge in [0.15, 0.2) is 0 Å². The lowest BCUT2D eigenvalue weighted by Crippen LogP contribution is -2.11. The Morgan fingerprint density at radius 1 is 1.15 bits per heavy atom. The second kappa shape index (κ2) is 7.46. The standard InChI is InChI=1S/C16H15BrClNO/c17-14-11-13(18)9-10-15(14)19-16(20)8-4-7-12-5-2-1-3-6-12/h1-3,5-6,9-11H,4,7-8H2,(H,19,20). The van der Waals surface area contributed by atoms with Crippen LogP contribution in [0.3, 0.4) is 0 Å². The van der Waals surface area contributed by atoms with Crippen LogP contribution in [-0.4, -0.2) is 5.91 Å². The molecule has 0 atom stereocenters. The molecular weight excluding hydrogens is 338 g/mol. The monoisotopic (exact) mass is 351 g/mol. The number of benzene rings is 2. The number of halogens is 2. The van der Waals surface area contributed by atoms with Crippen molar-refractivity contribution in [3.63, 3.8) is 0 Å². The van der Waals surface area contributed by atoms with Gasteiger partial charge in [0.25, 0.3) is 0 Å². The topological polar surface area (TPSA) is 29.1 Å². The third-order valence-electron chi connectivity index (χ3n) is 2.92. The number of amides is 1. The van der Waals surface area contributed by atoms with Gasteiger partial charge in [-0.3, -0.25) is 4.79 Å². The smallest absolute Gasteiger partial charge is 0.224 e. The van der Waals surface area contributed by atoms with Crippen molar-refractivity contribution in [2.75, 3.05) is 5.32 Å². The van der Waals surface area contributed by atoms with Crippen LogP contribution >= 0.6 is 27.5 Å². The Labute approximate surface area is 132 Å². The van der Waals surface area contributed by atoms with E-state index in [1.54, 1.807) is 18.2 Å². The lowest BCUT2D eigenvalue weighted by Gasteiger charge is -2.07. The molecule has 4 heteroatoms. The largest absolute Gasteiger partial charge is 0.325 e. The van der Waals surface area contributed by atoms with E-state index in [9.17, 15) is 4.79 Å². The number of anilines is 1. The molecule has 2 rings (SSSR count). The molecule has 0 aliphatic rings. The Balaban J connectivity index is 1.81. The maximum absolute atomic E-state index is 11.9. The summed E-state index contributed by atoms with van der Waals surface area (Å²) in [7, 11) is 0. The number of carbonyl (C=O) groups excluding carboxylic acids is 1. The summed E-state index contributed by atoms with van der Waals surface area (Å²) in [4.78, 5) is 11.9. The zero-order valence-corrected chi connectivity index (χ0v) is 13.2. The number of nitrogens with one attached hydrogen (secondary N) is 1. The van der Waals surface area contributed by atoms with Crippen molar-refractivity contribution < 1.29 is 4.79 Å². The molecule has 104 valence electrons. The molecule has 2 aromatic rings. The van der Waals surface area contributed by atoms with Crippen molar-refractivity contribution in [2.45, 2.75) is 19.3 Å². The van der Waals surface area contributed by atoms with E-state index >= 15 is 0 Å². The van der Waals surface area contributed by atoms with Crippen molar-refractivity contribution in [2.24, 2.45) is 0 Å². The van der Waals surface area contributed by atoms with Gasteiger partial charge in [-0.05, 0) is 52.5 Å². The Morgan fingerprint density at radius 3 is 2.60 bits per heavy atom. The average molecular weight is 353 g/mol. The van der Waals surface area contributed by atoms with Crippen molar-refractivity contribution in [3.05, 3.63) is 63.6 Å². The highest BCUT2D eigenvalue weighted by Crippen LogP contribution is 2.26. The van der Waals surface area contributed by atoms with Crippen LogP contribution < -0.4 is 5.32 Å². The maximum atomic E-state index is 11.9. The highest BCUT2D eigenvalue weighted by Gasteiger charge is 2.06. The SMILES string of the molecule is O=C(CCCc1ccccc1)Nc1ccc(Cl)cc1Br. The van der Waals surface area contributed by atoms with Gasteiger partial charge in [0, 0.05) is 15.9 Å². The minimum Gasteiger partial charge on any atom is -0.325 e. The lowest BCUT2D eigenvalue weighted by molar-refractivity contribution is -0.116. The molecule has 1 N–H and O–H groups in total. The summed E-state index contributed by atoms with van der Waals surface area (Å²) in [6, 6.07) is 15.5. The van der Waals surface area contributed by atoms with Crippen LogP contribution in [0.4, 0.5) is 5.69 Å². The molecule has 1 amide bonds. The molecule has 0 saturated carbocycles. The molecule has 0 aliphatic heterocycles. The van der Waals surface area contributed by atoms with E-state index in [-0.39, 0.29) is 5.91 Å². The van der Waals surface area contributed by atoms with E-state index in [0.717, 1.165) is 23.0 Å². The first-order valence-corrected chi connectivity index (χ1v) is 7.61. The van der Waals surface area contributed by atoms with Crippen LogP contribution in [0.25, 0.3) is 0 Å². The third kappa shape index (κ3) is 4.66. The number of hydrogen-bond acceptors (Lipinski definition) is 1. The van der Waals surface area contributed by atoms with Crippen molar-refractivity contribution in [1.82, 2.24) is 0 Å². The summed E-state index contributed by atoms with van der Waals surface area (Å²) in [6.07, 6.45) is 2.25. The van der Waals surface area contributed by atoms with Crippen LogP contribution in [0.5, 0.6) is 0 Å². The van der Waals surface area contributed by atoms with Gasteiger partial charge in [-0.25, -0.2) is 0 Å². The molecule has 0 aromatic heterocycles. The van der Waals surface area contributed by atoms with Gasteiger partial charge >= 0.3 is 0 Å². The molecule has 2 aromatic carbocycles. The fraction of sp³-hybridized carbons (Fsp3) is 0.188. The Morgan fingerprint density at radius 2 is 1.90 bits per heavy atom. The summed E-state index contributed by atoms with van der Waals surface area (Å²) >= 11 is 9.24. The number of rotatable bonds is 5. The van der Waals surface area contributed by atoms with E-state index in [4.69, 9.17) is 11.6 Å². The van der Waals surface area contributed by atoms with Gasteiger partial charge in [0.05, 0.1) is 5.69 Å². The summed E-state index contributed by atoms with van der Waals surface area (Å²) in [5.41, 5.74) is 2.01. The highest BCUT2D eigenvalue weighted by atomic mass is 79.9. The molecule has 0 bridgehead atoms. The van der Waals surface area contributed by atoms with Crippen LogP contribution in [-0.2, 0) is 11.2 Å². The first kappa shape index (κ1) is 15.1. The summed E-state index contributed by atoms with van der Waals surface area (Å²) < 4.78 is 0.793. The second-order valence-electron chi connectivity index (χ2n) is 4.51. The Kier molecular flexibility index (Phi) is 5.62. The van der Waals surface area contributed by atoms with E-state index in [1.807, 2.05) is 18.2 Å². The number of hydrogen-bond donors (Lipinski definition) is 1. The number of aryl methyl sites for hydroxylation is 1. The predicted molar refractivity (Wildman–Crippen MR) is 87.2 cm³/mol. The fourth-order valence-corrected chi connectivity index (χ4v) is 2.68. The van der Waals surface area contributed by atoms with Gasteiger partial charge in [0.2, 0.25) is 5.91 Å². The zero-order valence-electron chi connectivity index (χ0n) is 10.9. The molecule has 2 nitrogen and oxygen atoms in total. The fourth-order valence-electron chi connectivity index (χ4n) is 1.90. The van der Waals surface area contributed by atoms with Gasteiger partial charge in [-0.15, -0.1) is 0 Å². The van der Waals surface area contributed by atoms with Gasteiger partial charge in [-0.2, -0.15) is 0 Å². The molecule has 0 saturated heterocycles. The third-order valence-corrected chi connectivity index (χ3v) is 3.81. The van der Waals surface area contributed by atoms with Gasteiger partial charge in [-0.1, -0.05) is 41.9 Å². The van der Waals surface area contributed by atoms with Crippen molar-refractivity contribution in [1.29, 1.82) is 0 Å². The van der Waals surface area contributed by atoms with Crippen LogP contribution in [0, 0.1) is 0 Å². The molecule has 20 heavy (non-hydrogen) atoms. The minimum absolute atomic E-state index is 0.0175. The number of carbonyl (C=O) groups is 1. The molecule has 0 fully saturated rings. The van der Waals surface area contributed by atoms with E-state index in [2.05, 4.69) is 33.4 Å². The lowest BCUT2D eigenvalue weighted by atomic mass is 10.1. The Bertz CT molecular complexity index is 586. The molecule has 0 aliphatic carbocycles. The molecule has 0 unspecified atom stereocenters. The van der Waals surface area contributed by atoms with Crippen LogP contribution in [0.1, 0.15) is 18.4 Å². The van der Waals surface area contributed by atoms with Gasteiger partial charge in [0.1, 0.15) is 0 Å². The Hall–Kier alpha value is -1.32. The summed E-state index contributed by atoms with van der Waals surface area (Å²) in [5, 5.41) is 3.52. The molecule has 0 spiro atoms. The second-order valence-corrected chi connectivity index (χ2v) is 5.80. The minimum atomic E-state index is 0.0175. The molecule has 0 radical (unpaired) electrons. The van der Waals surface area contributed by atoms with E-state index in [0.29, 0.717) is 11.4 Å².